The molecule has 4 heteroatoms. The second-order valence-corrected chi connectivity index (χ2v) is 2.06. The van der Waals surface area contributed by atoms with Crippen molar-refractivity contribution in [2.75, 3.05) is 6.54 Å². The van der Waals surface area contributed by atoms with Crippen LogP contribution in [0.4, 0.5) is 4.79 Å². The summed E-state index contributed by atoms with van der Waals surface area (Å²) in [5.41, 5.74) is 0. The second-order valence-electron chi connectivity index (χ2n) is 2.06. The van der Waals surface area contributed by atoms with Gasteiger partial charge in [0.2, 0.25) is 0 Å². The normalized spacial score (nSPS) is 16.7. The number of carbonyl (C=O) groups excluding carboxylic acids is 1. The van der Waals surface area contributed by atoms with Gasteiger partial charge >= 0.3 is 6.09 Å². The molecule has 0 radical (unpaired) electrons. The van der Waals surface area contributed by atoms with Crippen molar-refractivity contribution in [1.29, 1.82) is 0 Å². The van der Waals surface area contributed by atoms with E-state index in [1.54, 1.807) is 0 Å². The molecule has 58 valence electrons. The van der Waals surface area contributed by atoms with E-state index in [9.17, 15) is 9.59 Å². The Morgan fingerprint density at radius 2 is 2.27 bits per heavy atom. The maximum Gasteiger partial charge on any atom is 0.411 e. The van der Waals surface area contributed by atoms with E-state index in [0.717, 1.165) is 4.90 Å². The Bertz CT molecular complexity index is 242. The predicted molar refractivity (Wildman–Crippen MR) is 38.0 cm³/mol. The number of ketones is 1. The lowest BCUT2D eigenvalue weighted by atomic mass is 10.3. The number of carbonyl (C=O) groups is 2. The number of hydrogen-bond donors (Lipinski definition) is 1. The molecule has 0 aromatic heterocycles. The van der Waals surface area contributed by atoms with Gasteiger partial charge in [0.1, 0.15) is 0 Å². The number of nitrogens with zero attached hydrogens (tertiary/aromatic N) is 1. The van der Waals surface area contributed by atoms with Crippen LogP contribution < -0.4 is 0 Å². The molecule has 11 heavy (non-hydrogen) atoms. The van der Waals surface area contributed by atoms with Gasteiger partial charge in [-0.05, 0) is 6.08 Å². The Morgan fingerprint density at radius 1 is 1.55 bits per heavy atom. The van der Waals surface area contributed by atoms with Gasteiger partial charge in [-0.3, -0.25) is 9.69 Å². The average molecular weight is 153 g/mol. The molecule has 0 aromatic carbocycles. The predicted octanol–water partition coefficient (Wildman–Crippen LogP) is 0.619. The van der Waals surface area contributed by atoms with Crippen LogP contribution in [-0.4, -0.2) is 28.4 Å². The van der Waals surface area contributed by atoms with Crippen LogP contribution in [0.5, 0.6) is 0 Å². The zero-order valence-corrected chi connectivity index (χ0v) is 5.73. The summed E-state index contributed by atoms with van der Waals surface area (Å²) in [6.45, 7) is 0.234. The molecule has 1 aliphatic rings. The van der Waals surface area contributed by atoms with Crippen LogP contribution in [0.15, 0.2) is 24.4 Å². The highest BCUT2D eigenvalue weighted by Crippen LogP contribution is 1.97. The van der Waals surface area contributed by atoms with E-state index in [-0.39, 0.29) is 12.3 Å². The zero-order chi connectivity index (χ0) is 8.27. The van der Waals surface area contributed by atoms with E-state index in [1.165, 1.54) is 24.4 Å². The monoisotopic (exact) mass is 153 g/mol. The fourth-order valence-corrected chi connectivity index (χ4v) is 0.704. The second kappa shape index (κ2) is 3.01. The molecule has 0 fully saturated rings. The maximum absolute atomic E-state index is 10.7. The van der Waals surface area contributed by atoms with Gasteiger partial charge in [0.25, 0.3) is 0 Å². The quantitative estimate of drug-likeness (QED) is 0.555. The summed E-state index contributed by atoms with van der Waals surface area (Å²) < 4.78 is 0. The number of carboxylic acid groups (broad SMARTS) is 1. The van der Waals surface area contributed by atoms with Gasteiger partial charge in [0.15, 0.2) is 5.78 Å². The highest BCUT2D eigenvalue weighted by molar-refractivity contribution is 5.99. The van der Waals surface area contributed by atoms with Gasteiger partial charge in [-0.1, -0.05) is 6.08 Å². The van der Waals surface area contributed by atoms with E-state index in [1.807, 2.05) is 0 Å². The lowest BCUT2D eigenvalue weighted by Gasteiger charge is -2.08. The van der Waals surface area contributed by atoms with Crippen molar-refractivity contribution in [2.45, 2.75) is 0 Å². The molecule has 4 nitrogen and oxygen atoms in total. The minimum atomic E-state index is -1.06. The van der Waals surface area contributed by atoms with Crippen LogP contribution in [0.3, 0.4) is 0 Å². The van der Waals surface area contributed by atoms with Crippen molar-refractivity contribution >= 4 is 11.9 Å². The first-order valence-electron chi connectivity index (χ1n) is 3.08. The standard InChI is InChI=1S/C7H7NO3/c9-6-2-1-4-8(5-3-6)7(10)11/h1-3,5H,4H2,(H,10,11). The zero-order valence-electron chi connectivity index (χ0n) is 5.73. The molecule has 0 unspecified atom stereocenters. The SMILES string of the molecule is O=C1C=CCN(C(=O)O)C=C1. The lowest BCUT2D eigenvalue weighted by Crippen LogP contribution is -2.22. The summed E-state index contributed by atoms with van der Waals surface area (Å²) in [6, 6.07) is 0. The third kappa shape index (κ3) is 1.93. The van der Waals surface area contributed by atoms with Crippen molar-refractivity contribution in [2.24, 2.45) is 0 Å². The molecule has 0 spiro atoms. The molecular weight excluding hydrogens is 146 g/mol. The number of allylic oxidation sites excluding steroid dienone is 2. The van der Waals surface area contributed by atoms with Crippen molar-refractivity contribution in [1.82, 2.24) is 4.90 Å². The van der Waals surface area contributed by atoms with E-state index in [0.29, 0.717) is 0 Å². The van der Waals surface area contributed by atoms with Crippen molar-refractivity contribution < 1.29 is 14.7 Å². The first kappa shape index (κ1) is 7.53. The van der Waals surface area contributed by atoms with Crippen LogP contribution in [-0.2, 0) is 4.79 Å². The summed E-state index contributed by atoms with van der Waals surface area (Å²) in [5, 5.41) is 8.48. The number of rotatable bonds is 0. The molecule has 1 amide bonds. The third-order valence-electron chi connectivity index (χ3n) is 1.25. The molecule has 1 aliphatic heterocycles. The summed E-state index contributed by atoms with van der Waals surface area (Å²) in [5.74, 6) is -0.186. The molecule has 0 bridgehead atoms. The molecule has 0 saturated heterocycles. The number of amides is 1. The smallest absolute Gasteiger partial charge is 0.411 e. The Kier molecular flexibility index (Phi) is 2.06. The highest BCUT2D eigenvalue weighted by Gasteiger charge is 2.07. The lowest BCUT2D eigenvalue weighted by molar-refractivity contribution is -0.110. The van der Waals surface area contributed by atoms with Gasteiger partial charge in [-0.2, -0.15) is 0 Å². The summed E-state index contributed by atoms with van der Waals surface area (Å²) in [4.78, 5) is 22.0. The van der Waals surface area contributed by atoms with Crippen molar-refractivity contribution in [3.8, 4) is 0 Å². The van der Waals surface area contributed by atoms with Crippen molar-refractivity contribution in [3.05, 3.63) is 24.4 Å². The van der Waals surface area contributed by atoms with Crippen LogP contribution >= 0.6 is 0 Å². The van der Waals surface area contributed by atoms with E-state index >= 15 is 0 Å². The molecule has 1 heterocycles. The first-order valence-corrected chi connectivity index (χ1v) is 3.08. The molecule has 1 rings (SSSR count). The van der Waals surface area contributed by atoms with Crippen LogP contribution in [0.1, 0.15) is 0 Å². The van der Waals surface area contributed by atoms with Crippen LogP contribution in [0, 0.1) is 0 Å². The van der Waals surface area contributed by atoms with Gasteiger partial charge < -0.3 is 5.11 Å². The molecule has 0 saturated carbocycles. The Labute approximate surface area is 63.4 Å². The van der Waals surface area contributed by atoms with Gasteiger partial charge in [0, 0.05) is 18.8 Å². The summed E-state index contributed by atoms with van der Waals surface area (Å²) >= 11 is 0. The number of hydrogen-bond acceptors (Lipinski definition) is 2. The van der Waals surface area contributed by atoms with E-state index in [2.05, 4.69) is 0 Å². The maximum atomic E-state index is 10.7. The van der Waals surface area contributed by atoms with Gasteiger partial charge in [-0.15, -0.1) is 0 Å². The Balaban J connectivity index is 2.74. The summed E-state index contributed by atoms with van der Waals surface area (Å²) in [6.07, 6.45) is 4.28. The third-order valence-corrected chi connectivity index (χ3v) is 1.25. The molecule has 0 aliphatic carbocycles. The minimum absolute atomic E-state index is 0.186. The largest absolute Gasteiger partial charge is 0.465 e. The topological polar surface area (TPSA) is 57.6 Å². The fourth-order valence-electron chi connectivity index (χ4n) is 0.704. The Hall–Kier alpha value is -1.58. The van der Waals surface area contributed by atoms with Crippen LogP contribution in [0.2, 0.25) is 0 Å². The van der Waals surface area contributed by atoms with E-state index < -0.39 is 6.09 Å². The summed E-state index contributed by atoms with van der Waals surface area (Å²) in [7, 11) is 0. The molecule has 0 aromatic rings. The van der Waals surface area contributed by atoms with Crippen molar-refractivity contribution in [3.63, 3.8) is 0 Å². The minimum Gasteiger partial charge on any atom is -0.465 e. The highest BCUT2D eigenvalue weighted by atomic mass is 16.4. The van der Waals surface area contributed by atoms with Gasteiger partial charge in [-0.25, -0.2) is 4.79 Å². The fraction of sp³-hybridized carbons (Fsp3) is 0.143. The van der Waals surface area contributed by atoms with E-state index in [4.69, 9.17) is 5.11 Å². The molecular formula is C7H7NO3. The Morgan fingerprint density at radius 3 is 2.91 bits per heavy atom. The molecule has 1 N–H and O–H groups in total. The van der Waals surface area contributed by atoms with Gasteiger partial charge in [0.05, 0.1) is 0 Å². The van der Waals surface area contributed by atoms with Crippen LogP contribution in [0.25, 0.3) is 0 Å². The molecule has 0 atom stereocenters. The first-order chi connectivity index (χ1) is 5.20. The average Bonchev–Trinajstić information content (AvgIpc) is 2.13.